The third-order valence-electron chi connectivity index (χ3n) is 3.41. The van der Waals surface area contributed by atoms with Crippen LogP contribution >= 0.6 is 11.8 Å². The average molecular weight is 270 g/mol. The van der Waals surface area contributed by atoms with Gasteiger partial charge in [-0.25, -0.2) is 9.89 Å². The number of hydrogen-bond donors (Lipinski definition) is 2. The van der Waals surface area contributed by atoms with Crippen molar-refractivity contribution in [2.24, 2.45) is 0 Å². The zero-order valence-electron chi connectivity index (χ0n) is 11.1. The molecule has 0 spiro atoms. The van der Waals surface area contributed by atoms with Crippen molar-refractivity contribution in [3.63, 3.8) is 0 Å². The van der Waals surface area contributed by atoms with Gasteiger partial charge in [-0.2, -0.15) is 0 Å². The van der Waals surface area contributed by atoms with Crippen LogP contribution in [0.4, 0.5) is 0 Å². The lowest BCUT2D eigenvalue weighted by Crippen LogP contribution is -2.24. The van der Waals surface area contributed by atoms with E-state index in [2.05, 4.69) is 22.4 Å². The number of aromatic amines is 1. The van der Waals surface area contributed by atoms with Crippen LogP contribution in [0.3, 0.4) is 0 Å². The van der Waals surface area contributed by atoms with Gasteiger partial charge in [-0.15, -0.1) is 5.10 Å². The summed E-state index contributed by atoms with van der Waals surface area (Å²) < 4.78 is 1.82. The van der Waals surface area contributed by atoms with Crippen molar-refractivity contribution in [1.29, 1.82) is 0 Å². The van der Waals surface area contributed by atoms with Gasteiger partial charge in [0.2, 0.25) is 0 Å². The smallest absolute Gasteiger partial charge is 0.317 e. The van der Waals surface area contributed by atoms with E-state index in [4.69, 9.17) is 0 Å². The molecule has 0 radical (unpaired) electrons. The largest absolute Gasteiger partial charge is 0.344 e. The van der Waals surface area contributed by atoms with Gasteiger partial charge in [-0.3, -0.25) is 4.57 Å². The predicted molar refractivity (Wildman–Crippen MR) is 74.2 cm³/mol. The predicted octanol–water partition coefficient (Wildman–Crippen LogP) is 1.78. The maximum Gasteiger partial charge on any atom is 0.344 e. The SMILES string of the molecule is CCC(CCCSc1n[nH]c(=O)n1C1CC1)NC. The molecule has 1 aliphatic rings. The molecule has 0 aromatic carbocycles. The summed E-state index contributed by atoms with van der Waals surface area (Å²) in [5.41, 5.74) is -0.0540. The fourth-order valence-electron chi connectivity index (χ4n) is 2.09. The second kappa shape index (κ2) is 6.43. The van der Waals surface area contributed by atoms with Crippen molar-refractivity contribution in [1.82, 2.24) is 20.1 Å². The molecule has 0 bridgehead atoms. The summed E-state index contributed by atoms with van der Waals surface area (Å²) in [6, 6.07) is 1.01. The van der Waals surface area contributed by atoms with E-state index in [-0.39, 0.29) is 5.69 Å². The number of aromatic nitrogens is 3. The Morgan fingerprint density at radius 3 is 3.00 bits per heavy atom. The van der Waals surface area contributed by atoms with Crippen LogP contribution in [0, 0.1) is 0 Å². The van der Waals surface area contributed by atoms with E-state index in [9.17, 15) is 4.79 Å². The number of H-pyrrole nitrogens is 1. The molecule has 1 atom stereocenters. The molecular formula is C12H22N4OS. The number of thioether (sulfide) groups is 1. The topological polar surface area (TPSA) is 62.7 Å². The maximum absolute atomic E-state index is 11.6. The van der Waals surface area contributed by atoms with Crippen molar-refractivity contribution in [3.8, 4) is 0 Å². The van der Waals surface area contributed by atoms with Crippen LogP contribution in [0.2, 0.25) is 0 Å². The molecule has 0 aliphatic heterocycles. The lowest BCUT2D eigenvalue weighted by atomic mass is 10.1. The quantitative estimate of drug-likeness (QED) is 0.558. The summed E-state index contributed by atoms with van der Waals surface area (Å²) >= 11 is 1.69. The van der Waals surface area contributed by atoms with Crippen molar-refractivity contribution >= 4 is 11.8 Å². The molecule has 5 nitrogen and oxygen atoms in total. The van der Waals surface area contributed by atoms with Crippen LogP contribution in [0.15, 0.2) is 9.95 Å². The van der Waals surface area contributed by atoms with Crippen LogP contribution in [-0.4, -0.2) is 33.6 Å². The minimum Gasteiger partial charge on any atom is -0.317 e. The van der Waals surface area contributed by atoms with Gasteiger partial charge in [-0.05, 0) is 39.2 Å². The van der Waals surface area contributed by atoms with E-state index in [0.717, 1.165) is 36.6 Å². The molecule has 102 valence electrons. The van der Waals surface area contributed by atoms with E-state index in [1.54, 1.807) is 11.8 Å². The van der Waals surface area contributed by atoms with Crippen LogP contribution < -0.4 is 11.0 Å². The van der Waals surface area contributed by atoms with Crippen molar-refractivity contribution in [2.75, 3.05) is 12.8 Å². The molecule has 1 aromatic heterocycles. The second-order valence-electron chi connectivity index (χ2n) is 4.80. The number of nitrogens with one attached hydrogen (secondary N) is 2. The summed E-state index contributed by atoms with van der Waals surface area (Å²) in [6.45, 7) is 2.20. The van der Waals surface area contributed by atoms with E-state index in [0.29, 0.717) is 12.1 Å². The zero-order valence-corrected chi connectivity index (χ0v) is 11.9. The first kappa shape index (κ1) is 13.7. The van der Waals surface area contributed by atoms with Crippen LogP contribution in [0.5, 0.6) is 0 Å². The molecule has 6 heteroatoms. The minimum atomic E-state index is -0.0540. The van der Waals surface area contributed by atoms with Gasteiger partial charge in [-0.1, -0.05) is 18.7 Å². The number of hydrogen-bond acceptors (Lipinski definition) is 4. The van der Waals surface area contributed by atoms with Crippen LogP contribution in [-0.2, 0) is 0 Å². The highest BCUT2D eigenvalue weighted by Crippen LogP contribution is 2.36. The van der Waals surface area contributed by atoms with E-state index < -0.39 is 0 Å². The molecule has 0 saturated heterocycles. The average Bonchev–Trinajstić information content (AvgIpc) is 3.14. The lowest BCUT2D eigenvalue weighted by Gasteiger charge is -2.12. The molecule has 1 aliphatic carbocycles. The first-order chi connectivity index (χ1) is 8.76. The van der Waals surface area contributed by atoms with Crippen molar-refractivity contribution in [2.45, 2.75) is 56.3 Å². The Morgan fingerprint density at radius 1 is 1.61 bits per heavy atom. The van der Waals surface area contributed by atoms with E-state index in [1.807, 2.05) is 11.6 Å². The monoisotopic (exact) mass is 270 g/mol. The summed E-state index contributed by atoms with van der Waals surface area (Å²) in [5, 5.41) is 10.8. The fourth-order valence-corrected chi connectivity index (χ4v) is 3.07. The molecule has 0 amide bonds. The second-order valence-corrected chi connectivity index (χ2v) is 5.86. The van der Waals surface area contributed by atoms with Gasteiger partial charge >= 0.3 is 5.69 Å². The summed E-state index contributed by atoms with van der Waals surface area (Å²) in [7, 11) is 2.01. The zero-order chi connectivity index (χ0) is 13.0. The van der Waals surface area contributed by atoms with E-state index in [1.165, 1.54) is 6.42 Å². The Bertz CT molecular complexity index is 420. The van der Waals surface area contributed by atoms with Crippen molar-refractivity contribution in [3.05, 3.63) is 10.5 Å². The Hall–Kier alpha value is -0.750. The number of nitrogens with zero attached hydrogens (tertiary/aromatic N) is 2. The molecule has 2 N–H and O–H groups in total. The Kier molecular flexibility index (Phi) is 4.88. The van der Waals surface area contributed by atoms with Crippen molar-refractivity contribution < 1.29 is 0 Å². The van der Waals surface area contributed by atoms with E-state index >= 15 is 0 Å². The Morgan fingerprint density at radius 2 is 2.39 bits per heavy atom. The highest BCUT2D eigenvalue weighted by atomic mass is 32.2. The minimum absolute atomic E-state index is 0.0540. The van der Waals surface area contributed by atoms with Gasteiger partial charge in [0.1, 0.15) is 0 Å². The van der Waals surface area contributed by atoms with Gasteiger partial charge in [0.15, 0.2) is 5.16 Å². The fraction of sp³-hybridized carbons (Fsp3) is 0.833. The van der Waals surface area contributed by atoms with Crippen LogP contribution in [0.25, 0.3) is 0 Å². The molecule has 1 fully saturated rings. The summed E-state index contributed by atoms with van der Waals surface area (Å²) in [5.74, 6) is 1.02. The Labute approximate surface area is 112 Å². The molecule has 18 heavy (non-hydrogen) atoms. The maximum atomic E-state index is 11.6. The third kappa shape index (κ3) is 3.38. The molecule has 1 saturated carbocycles. The third-order valence-corrected chi connectivity index (χ3v) is 4.45. The summed E-state index contributed by atoms with van der Waals surface area (Å²) in [4.78, 5) is 11.6. The highest BCUT2D eigenvalue weighted by molar-refractivity contribution is 7.99. The summed E-state index contributed by atoms with van der Waals surface area (Å²) in [6.07, 6.45) is 5.72. The molecule has 1 aromatic rings. The lowest BCUT2D eigenvalue weighted by molar-refractivity contribution is 0.504. The molecule has 1 unspecified atom stereocenters. The highest BCUT2D eigenvalue weighted by Gasteiger charge is 2.28. The molecule has 1 heterocycles. The van der Waals surface area contributed by atoms with Gasteiger partial charge in [0, 0.05) is 17.8 Å². The Balaban J connectivity index is 1.78. The normalized spacial score (nSPS) is 17.0. The van der Waals surface area contributed by atoms with Gasteiger partial charge < -0.3 is 5.32 Å². The molecule has 2 rings (SSSR count). The van der Waals surface area contributed by atoms with Gasteiger partial charge in [0.05, 0.1) is 0 Å². The first-order valence-electron chi connectivity index (χ1n) is 6.73. The first-order valence-corrected chi connectivity index (χ1v) is 7.71. The molecular weight excluding hydrogens is 248 g/mol. The van der Waals surface area contributed by atoms with Crippen LogP contribution in [0.1, 0.15) is 45.1 Å². The number of rotatable bonds is 8. The van der Waals surface area contributed by atoms with Gasteiger partial charge in [0.25, 0.3) is 0 Å². The standard InChI is InChI=1S/C12H22N4OS/c1-3-9(13-2)5-4-8-18-12-15-14-11(17)16(12)10-6-7-10/h9-10,13H,3-8H2,1-2H3,(H,14,17).